The van der Waals surface area contributed by atoms with Gasteiger partial charge in [-0.3, -0.25) is 4.79 Å². The normalized spacial score (nSPS) is 18.9. The topological polar surface area (TPSA) is 65.5 Å². The predicted molar refractivity (Wildman–Crippen MR) is 71.9 cm³/mol. The zero-order valence-electron chi connectivity index (χ0n) is 10.1. The summed E-state index contributed by atoms with van der Waals surface area (Å²) >= 11 is 1.35. The minimum Gasteiger partial charge on any atom is -0.396 e. The van der Waals surface area contributed by atoms with Crippen LogP contribution in [0.4, 0.5) is 5.13 Å². The van der Waals surface area contributed by atoms with E-state index in [1.54, 1.807) is 17.2 Å². The van der Waals surface area contributed by atoms with Gasteiger partial charge in [-0.2, -0.15) is 0 Å². The average molecular weight is 267 g/mol. The lowest BCUT2D eigenvalue weighted by atomic mass is 10.1. The molecule has 1 unspecified atom stereocenters. The Labute approximate surface area is 110 Å². The van der Waals surface area contributed by atoms with Gasteiger partial charge in [0.05, 0.1) is 6.20 Å². The van der Waals surface area contributed by atoms with E-state index in [0.717, 1.165) is 18.1 Å². The van der Waals surface area contributed by atoms with Crippen LogP contribution in [0.3, 0.4) is 0 Å². The summed E-state index contributed by atoms with van der Waals surface area (Å²) in [5.74, 6) is 0.232. The molecule has 0 aromatic carbocycles. The van der Waals surface area contributed by atoms with Crippen molar-refractivity contribution in [2.24, 2.45) is 5.92 Å². The van der Waals surface area contributed by atoms with Gasteiger partial charge in [0, 0.05) is 32.2 Å². The summed E-state index contributed by atoms with van der Waals surface area (Å²) in [6.45, 7) is 5.76. The van der Waals surface area contributed by atoms with Gasteiger partial charge >= 0.3 is 0 Å². The molecule has 2 heterocycles. The monoisotopic (exact) mass is 267 g/mol. The van der Waals surface area contributed by atoms with Crippen molar-refractivity contribution < 1.29 is 9.90 Å². The molecule has 0 bridgehead atoms. The molecule has 98 valence electrons. The van der Waals surface area contributed by atoms with Gasteiger partial charge in [0.25, 0.3) is 5.91 Å². The number of rotatable bonds is 5. The third-order valence-electron chi connectivity index (χ3n) is 2.95. The number of amides is 1. The van der Waals surface area contributed by atoms with Crippen LogP contribution in [0.5, 0.6) is 0 Å². The first kappa shape index (κ1) is 13.0. The number of hydrogen-bond acceptors (Lipinski definition) is 5. The van der Waals surface area contributed by atoms with E-state index in [2.05, 4.69) is 16.9 Å². The van der Waals surface area contributed by atoms with Crippen LogP contribution in [0.15, 0.2) is 18.9 Å². The van der Waals surface area contributed by atoms with Crippen molar-refractivity contribution >= 4 is 22.4 Å². The highest BCUT2D eigenvalue weighted by Gasteiger charge is 2.27. The van der Waals surface area contributed by atoms with Gasteiger partial charge in [0.2, 0.25) is 0 Å². The highest BCUT2D eigenvalue weighted by Crippen LogP contribution is 2.23. The second kappa shape index (κ2) is 5.97. The summed E-state index contributed by atoms with van der Waals surface area (Å²) < 4.78 is 0. The van der Waals surface area contributed by atoms with E-state index >= 15 is 0 Å². The maximum Gasteiger partial charge on any atom is 0.265 e. The summed E-state index contributed by atoms with van der Waals surface area (Å²) in [6.07, 6.45) is 4.22. The van der Waals surface area contributed by atoms with E-state index in [0.29, 0.717) is 18.0 Å². The zero-order chi connectivity index (χ0) is 13.0. The number of anilines is 1. The van der Waals surface area contributed by atoms with E-state index < -0.39 is 0 Å². The van der Waals surface area contributed by atoms with E-state index in [1.165, 1.54) is 11.3 Å². The fraction of sp³-hybridized carbons (Fsp3) is 0.500. The molecule has 1 aliphatic rings. The quantitative estimate of drug-likeness (QED) is 0.787. The largest absolute Gasteiger partial charge is 0.396 e. The molecule has 1 aromatic rings. The minimum absolute atomic E-state index is 0.00935. The van der Waals surface area contributed by atoms with Crippen LogP contribution in [0, 0.1) is 5.92 Å². The number of nitrogens with zero attached hydrogens (tertiary/aromatic N) is 2. The Kier molecular flexibility index (Phi) is 4.33. The van der Waals surface area contributed by atoms with Gasteiger partial charge in [-0.1, -0.05) is 17.4 Å². The highest BCUT2D eigenvalue weighted by atomic mass is 32.1. The number of hydrogen-bond donors (Lipinski definition) is 2. The van der Waals surface area contributed by atoms with Crippen molar-refractivity contribution in [1.82, 2.24) is 9.88 Å². The molecule has 6 heteroatoms. The van der Waals surface area contributed by atoms with Gasteiger partial charge in [0.1, 0.15) is 4.88 Å². The molecule has 0 spiro atoms. The van der Waals surface area contributed by atoms with Crippen LogP contribution in [-0.4, -0.2) is 47.1 Å². The number of thiazole rings is 1. The molecular formula is C12H17N3O2S. The molecule has 1 saturated heterocycles. The molecule has 2 N–H and O–H groups in total. The summed E-state index contributed by atoms with van der Waals surface area (Å²) in [5.41, 5.74) is 0. The Bertz CT molecular complexity index is 433. The Morgan fingerprint density at radius 3 is 3.28 bits per heavy atom. The number of nitrogens with one attached hydrogen (secondary N) is 1. The van der Waals surface area contributed by atoms with Crippen molar-refractivity contribution in [3.05, 3.63) is 23.7 Å². The second-order valence-corrected chi connectivity index (χ2v) is 5.32. The summed E-state index contributed by atoms with van der Waals surface area (Å²) in [5, 5.41) is 12.9. The SMILES string of the molecule is C=CCNc1ncc(C(=O)N2CCC(CO)C2)s1. The van der Waals surface area contributed by atoms with E-state index in [1.807, 2.05) is 0 Å². The highest BCUT2D eigenvalue weighted by molar-refractivity contribution is 7.17. The molecule has 1 amide bonds. The van der Waals surface area contributed by atoms with Gasteiger partial charge in [-0.05, 0) is 6.42 Å². The molecule has 1 aliphatic heterocycles. The molecule has 2 rings (SSSR count). The third-order valence-corrected chi connectivity index (χ3v) is 3.89. The van der Waals surface area contributed by atoms with Crippen LogP contribution < -0.4 is 5.32 Å². The molecule has 0 radical (unpaired) electrons. The van der Waals surface area contributed by atoms with Crippen LogP contribution >= 0.6 is 11.3 Å². The lowest BCUT2D eigenvalue weighted by Crippen LogP contribution is -2.28. The standard InChI is InChI=1S/C12H17N3O2S/c1-2-4-13-12-14-6-10(18-12)11(17)15-5-3-9(7-15)8-16/h2,6,9,16H,1,3-5,7-8H2,(H,13,14). The first-order valence-corrected chi connectivity index (χ1v) is 6.77. The number of carbonyl (C=O) groups excluding carboxylic acids is 1. The molecule has 1 atom stereocenters. The van der Waals surface area contributed by atoms with Crippen molar-refractivity contribution in [2.45, 2.75) is 6.42 Å². The Morgan fingerprint density at radius 1 is 1.78 bits per heavy atom. The molecule has 1 aromatic heterocycles. The van der Waals surface area contributed by atoms with Gasteiger partial charge in [-0.25, -0.2) is 4.98 Å². The zero-order valence-corrected chi connectivity index (χ0v) is 10.9. The maximum atomic E-state index is 12.2. The number of aromatic nitrogens is 1. The molecule has 5 nitrogen and oxygen atoms in total. The molecule has 0 saturated carbocycles. The molecule has 0 aliphatic carbocycles. The van der Waals surface area contributed by atoms with E-state index in [9.17, 15) is 4.79 Å². The first-order chi connectivity index (χ1) is 8.74. The summed E-state index contributed by atoms with van der Waals surface area (Å²) in [4.78, 5) is 18.7. The maximum absolute atomic E-state index is 12.2. The van der Waals surface area contributed by atoms with Crippen molar-refractivity contribution in [2.75, 3.05) is 31.6 Å². The molecular weight excluding hydrogens is 250 g/mol. The van der Waals surface area contributed by atoms with Crippen LogP contribution in [0.1, 0.15) is 16.1 Å². The smallest absolute Gasteiger partial charge is 0.265 e. The Hall–Kier alpha value is -1.40. The molecule has 18 heavy (non-hydrogen) atoms. The fourth-order valence-electron chi connectivity index (χ4n) is 1.94. The van der Waals surface area contributed by atoms with E-state index in [4.69, 9.17) is 5.11 Å². The van der Waals surface area contributed by atoms with Crippen molar-refractivity contribution in [1.29, 1.82) is 0 Å². The third kappa shape index (κ3) is 2.88. The number of aliphatic hydroxyl groups excluding tert-OH is 1. The number of aliphatic hydroxyl groups is 1. The number of carbonyl (C=O) groups is 1. The molecule has 1 fully saturated rings. The fourth-order valence-corrected chi connectivity index (χ4v) is 2.73. The average Bonchev–Trinajstić information content (AvgIpc) is 3.04. The van der Waals surface area contributed by atoms with Crippen LogP contribution in [0.2, 0.25) is 0 Å². The minimum atomic E-state index is 0.00935. The lowest BCUT2D eigenvalue weighted by Gasteiger charge is -2.14. The predicted octanol–water partition coefficient (Wildman–Crippen LogP) is 1.20. The number of likely N-dealkylation sites (tertiary alicyclic amines) is 1. The van der Waals surface area contributed by atoms with Crippen LogP contribution in [-0.2, 0) is 0 Å². The first-order valence-electron chi connectivity index (χ1n) is 5.95. The van der Waals surface area contributed by atoms with Gasteiger partial charge in [-0.15, -0.1) is 6.58 Å². The Balaban J connectivity index is 1.96. The van der Waals surface area contributed by atoms with Gasteiger partial charge < -0.3 is 15.3 Å². The second-order valence-electron chi connectivity index (χ2n) is 4.29. The van der Waals surface area contributed by atoms with Crippen molar-refractivity contribution in [3.8, 4) is 0 Å². The lowest BCUT2D eigenvalue weighted by molar-refractivity contribution is 0.0786. The summed E-state index contributed by atoms with van der Waals surface area (Å²) in [7, 11) is 0. The van der Waals surface area contributed by atoms with Gasteiger partial charge in [0.15, 0.2) is 5.13 Å². The Morgan fingerprint density at radius 2 is 2.61 bits per heavy atom. The van der Waals surface area contributed by atoms with Crippen molar-refractivity contribution in [3.63, 3.8) is 0 Å². The van der Waals surface area contributed by atoms with Crippen LogP contribution in [0.25, 0.3) is 0 Å². The van der Waals surface area contributed by atoms with E-state index in [-0.39, 0.29) is 18.4 Å². The summed E-state index contributed by atoms with van der Waals surface area (Å²) in [6, 6.07) is 0.